The van der Waals surface area contributed by atoms with E-state index in [4.69, 9.17) is 0 Å². The van der Waals surface area contributed by atoms with Crippen LogP contribution in [0.3, 0.4) is 0 Å². The highest BCUT2D eigenvalue weighted by Gasteiger charge is 2.15. The van der Waals surface area contributed by atoms with Crippen LogP contribution < -0.4 is 10.2 Å². The number of hydrogen-bond acceptors (Lipinski definition) is 4. The van der Waals surface area contributed by atoms with Crippen molar-refractivity contribution < 1.29 is 14.7 Å². The Balaban J connectivity index is 1.75. The number of carbonyl (C=O) groups is 2. The lowest BCUT2D eigenvalue weighted by Gasteiger charge is -2.21. The third-order valence-corrected chi connectivity index (χ3v) is 5.58. The Bertz CT molecular complexity index is 1180. The van der Waals surface area contributed by atoms with E-state index in [-0.39, 0.29) is 17.2 Å². The van der Waals surface area contributed by atoms with Crippen LogP contribution in [0.15, 0.2) is 66.7 Å². The number of anilines is 2. The van der Waals surface area contributed by atoms with Crippen molar-refractivity contribution in [3.63, 3.8) is 0 Å². The number of carboxylic acid groups (broad SMARTS) is 1. The molecule has 0 saturated heterocycles. The number of carbonyl (C=O) groups excluding carboxylic acids is 1. The molecule has 3 rings (SSSR count). The summed E-state index contributed by atoms with van der Waals surface area (Å²) in [4.78, 5) is 28.7. The van der Waals surface area contributed by atoms with Crippen LogP contribution in [-0.4, -0.2) is 56.1 Å². The Morgan fingerprint density at radius 1 is 0.939 bits per heavy atom. The highest BCUT2D eigenvalue weighted by molar-refractivity contribution is 6.07. The van der Waals surface area contributed by atoms with Gasteiger partial charge in [0.25, 0.3) is 0 Å². The van der Waals surface area contributed by atoms with Crippen LogP contribution in [0.5, 0.6) is 0 Å². The minimum absolute atomic E-state index is 0.0667. The van der Waals surface area contributed by atoms with Gasteiger partial charge in [-0.25, -0.2) is 4.79 Å². The first-order valence-electron chi connectivity index (χ1n) is 11.0. The minimum Gasteiger partial charge on any atom is -0.478 e. The van der Waals surface area contributed by atoms with E-state index in [1.54, 1.807) is 12.1 Å². The van der Waals surface area contributed by atoms with E-state index in [0.717, 1.165) is 47.1 Å². The van der Waals surface area contributed by atoms with Gasteiger partial charge in [-0.3, -0.25) is 4.79 Å². The van der Waals surface area contributed by atoms with Gasteiger partial charge in [-0.15, -0.1) is 0 Å². The van der Waals surface area contributed by atoms with Crippen molar-refractivity contribution in [3.8, 4) is 0 Å². The Hall–Kier alpha value is -3.64. The largest absolute Gasteiger partial charge is 0.478 e. The van der Waals surface area contributed by atoms with Crippen LogP contribution in [0.2, 0.25) is 0 Å². The van der Waals surface area contributed by atoms with Crippen molar-refractivity contribution in [2.75, 3.05) is 44.4 Å². The lowest BCUT2D eigenvalue weighted by atomic mass is 10.0. The molecule has 0 unspecified atom stereocenters. The number of fused-ring (bicyclic) bond motifs is 1. The van der Waals surface area contributed by atoms with Crippen LogP contribution in [0.4, 0.5) is 11.4 Å². The second kappa shape index (κ2) is 10.8. The molecule has 3 aromatic carbocycles. The lowest BCUT2D eigenvalue weighted by molar-refractivity contribution is -0.111. The zero-order valence-electron chi connectivity index (χ0n) is 19.6. The molecule has 0 aromatic heterocycles. The first-order valence-corrected chi connectivity index (χ1v) is 11.0. The van der Waals surface area contributed by atoms with Gasteiger partial charge in [-0.1, -0.05) is 36.4 Å². The SMILES string of the molecule is C/C(=C/C(=O)Nc1ccc(N(C)CCCN(C)C)cc1C(=O)O)c1ccc2ccccc2c1. The average Bonchev–Trinajstić information content (AvgIpc) is 2.78. The molecule has 33 heavy (non-hydrogen) atoms. The standard InChI is InChI=1S/C27H31N3O3/c1-19(21-11-10-20-8-5-6-9-22(20)17-21)16-26(31)28-25-13-12-23(18-24(25)27(32)33)30(4)15-7-14-29(2)3/h5-6,8-13,16-18H,7,14-15H2,1-4H3,(H,28,31)(H,32,33)/b19-16-. The first-order chi connectivity index (χ1) is 15.7. The smallest absolute Gasteiger partial charge is 0.337 e. The zero-order chi connectivity index (χ0) is 24.0. The fourth-order valence-electron chi connectivity index (χ4n) is 3.69. The number of nitrogens with one attached hydrogen (secondary N) is 1. The van der Waals surface area contributed by atoms with Gasteiger partial charge in [0.15, 0.2) is 0 Å². The zero-order valence-corrected chi connectivity index (χ0v) is 19.6. The number of aromatic carboxylic acids is 1. The molecule has 0 bridgehead atoms. The van der Waals surface area contributed by atoms with Gasteiger partial charge in [-0.2, -0.15) is 0 Å². The van der Waals surface area contributed by atoms with Gasteiger partial charge < -0.3 is 20.2 Å². The fourth-order valence-corrected chi connectivity index (χ4v) is 3.69. The Labute approximate surface area is 195 Å². The summed E-state index contributed by atoms with van der Waals surface area (Å²) in [7, 11) is 5.98. The molecule has 3 aromatic rings. The molecule has 1 amide bonds. The summed E-state index contributed by atoms with van der Waals surface area (Å²) in [6.45, 7) is 3.62. The second-order valence-electron chi connectivity index (χ2n) is 8.49. The third kappa shape index (κ3) is 6.43. The van der Waals surface area contributed by atoms with Crippen LogP contribution >= 0.6 is 0 Å². The fraction of sp³-hybridized carbons (Fsp3) is 0.259. The molecule has 6 heteroatoms. The molecule has 0 fully saturated rings. The summed E-state index contributed by atoms with van der Waals surface area (Å²) in [5.74, 6) is -1.45. The maximum atomic E-state index is 12.7. The maximum absolute atomic E-state index is 12.7. The summed E-state index contributed by atoms with van der Waals surface area (Å²) in [5.41, 5.74) is 2.88. The van der Waals surface area contributed by atoms with E-state index in [0.29, 0.717) is 0 Å². The first kappa shape index (κ1) is 24.0. The second-order valence-corrected chi connectivity index (χ2v) is 8.49. The molecule has 0 aliphatic rings. The number of rotatable bonds is 9. The molecular weight excluding hydrogens is 414 g/mol. The highest BCUT2D eigenvalue weighted by atomic mass is 16.4. The molecule has 2 N–H and O–H groups in total. The molecule has 172 valence electrons. The molecule has 6 nitrogen and oxygen atoms in total. The van der Waals surface area contributed by atoms with E-state index >= 15 is 0 Å². The van der Waals surface area contributed by atoms with Crippen molar-refractivity contribution in [1.82, 2.24) is 4.90 Å². The monoisotopic (exact) mass is 445 g/mol. The minimum atomic E-state index is -1.08. The summed E-state index contributed by atoms with van der Waals surface area (Å²) in [5, 5.41) is 14.7. The molecule has 0 spiro atoms. The van der Waals surface area contributed by atoms with Gasteiger partial charge in [0.1, 0.15) is 0 Å². The Kier molecular flexibility index (Phi) is 7.85. The van der Waals surface area contributed by atoms with Gasteiger partial charge in [0.2, 0.25) is 5.91 Å². The van der Waals surface area contributed by atoms with E-state index in [1.165, 1.54) is 6.08 Å². The highest BCUT2D eigenvalue weighted by Crippen LogP contribution is 2.24. The normalized spacial score (nSPS) is 11.6. The predicted molar refractivity (Wildman–Crippen MR) is 136 cm³/mol. The van der Waals surface area contributed by atoms with Crippen molar-refractivity contribution in [2.24, 2.45) is 0 Å². The van der Waals surface area contributed by atoms with Gasteiger partial charge in [0, 0.05) is 25.4 Å². The number of hydrogen-bond donors (Lipinski definition) is 2. The van der Waals surface area contributed by atoms with Crippen LogP contribution in [0.25, 0.3) is 16.3 Å². The van der Waals surface area contributed by atoms with Crippen LogP contribution in [0, 0.1) is 0 Å². The number of benzene rings is 3. The van der Waals surface area contributed by atoms with Crippen molar-refractivity contribution >= 4 is 39.6 Å². The van der Waals surface area contributed by atoms with E-state index in [9.17, 15) is 14.7 Å². The molecule has 0 radical (unpaired) electrons. The van der Waals surface area contributed by atoms with E-state index < -0.39 is 5.97 Å². The quantitative estimate of drug-likeness (QED) is 0.455. The number of amides is 1. The van der Waals surface area contributed by atoms with E-state index in [1.807, 2.05) is 81.5 Å². The van der Waals surface area contributed by atoms with Gasteiger partial charge >= 0.3 is 5.97 Å². The van der Waals surface area contributed by atoms with Crippen LogP contribution in [-0.2, 0) is 4.79 Å². The van der Waals surface area contributed by atoms with Crippen molar-refractivity contribution in [1.29, 1.82) is 0 Å². The third-order valence-electron chi connectivity index (χ3n) is 5.58. The van der Waals surface area contributed by atoms with Gasteiger partial charge in [0.05, 0.1) is 11.3 Å². The Morgan fingerprint density at radius 3 is 2.36 bits per heavy atom. The predicted octanol–water partition coefficient (Wildman–Crippen LogP) is 4.97. The molecular formula is C27H31N3O3. The molecule has 0 heterocycles. The lowest BCUT2D eigenvalue weighted by Crippen LogP contribution is -2.23. The summed E-state index contributed by atoms with van der Waals surface area (Å²) in [6, 6.07) is 19.2. The van der Waals surface area contributed by atoms with Crippen molar-refractivity contribution in [3.05, 3.63) is 77.9 Å². The van der Waals surface area contributed by atoms with Crippen LogP contribution in [0.1, 0.15) is 29.3 Å². The summed E-state index contributed by atoms with van der Waals surface area (Å²) < 4.78 is 0. The average molecular weight is 446 g/mol. The van der Waals surface area contributed by atoms with E-state index in [2.05, 4.69) is 10.2 Å². The van der Waals surface area contributed by atoms with Crippen molar-refractivity contribution in [2.45, 2.75) is 13.3 Å². The molecule has 0 aliphatic carbocycles. The number of allylic oxidation sites excluding steroid dienone is 1. The summed E-state index contributed by atoms with van der Waals surface area (Å²) >= 11 is 0. The molecule has 0 saturated carbocycles. The maximum Gasteiger partial charge on any atom is 0.337 e. The topological polar surface area (TPSA) is 72.9 Å². The summed E-state index contributed by atoms with van der Waals surface area (Å²) in [6.07, 6.45) is 2.46. The number of nitrogens with zero attached hydrogens (tertiary/aromatic N) is 2. The Morgan fingerprint density at radius 2 is 1.67 bits per heavy atom. The molecule has 0 aliphatic heterocycles. The number of carboxylic acids is 1. The van der Waals surface area contributed by atoms with Gasteiger partial charge in [-0.05, 0) is 80.2 Å². The molecule has 0 atom stereocenters.